The van der Waals surface area contributed by atoms with Crippen molar-refractivity contribution in [3.05, 3.63) is 92.4 Å². The smallest absolute Gasteiger partial charge is 0.180 e. The Hall–Kier alpha value is -2.64. The summed E-state index contributed by atoms with van der Waals surface area (Å²) < 4.78 is 11.3. The fraction of sp³-hybridized carbons (Fsp3) is 0.0870. The molecular weight excluding hydrogens is 429 g/mol. The Labute approximate surface area is 184 Å². The van der Waals surface area contributed by atoms with Gasteiger partial charge < -0.3 is 9.47 Å². The lowest BCUT2D eigenvalue weighted by Gasteiger charge is -2.14. The number of rotatable bonds is 6. The number of halogens is 3. The topological polar surface area (TPSA) is 42.2 Å². The zero-order valence-electron chi connectivity index (χ0n) is 15.5. The van der Waals surface area contributed by atoms with E-state index in [2.05, 4.69) is 6.07 Å². The molecule has 146 valence electrons. The van der Waals surface area contributed by atoms with Gasteiger partial charge in [0.2, 0.25) is 0 Å². The summed E-state index contributed by atoms with van der Waals surface area (Å²) in [5.74, 6) is 0.906. The molecule has 0 fully saturated rings. The van der Waals surface area contributed by atoms with Gasteiger partial charge >= 0.3 is 0 Å². The second-order valence-corrected chi connectivity index (χ2v) is 7.41. The fourth-order valence-corrected chi connectivity index (χ4v) is 3.29. The van der Waals surface area contributed by atoms with Crippen molar-refractivity contribution in [2.24, 2.45) is 0 Å². The van der Waals surface area contributed by atoms with Crippen LogP contribution < -0.4 is 9.47 Å². The lowest BCUT2D eigenvalue weighted by molar-refractivity contribution is 0.284. The molecule has 3 nitrogen and oxygen atoms in total. The Morgan fingerprint density at radius 2 is 1.76 bits per heavy atom. The van der Waals surface area contributed by atoms with Gasteiger partial charge in [0.25, 0.3) is 0 Å². The van der Waals surface area contributed by atoms with Crippen molar-refractivity contribution in [2.45, 2.75) is 6.61 Å². The number of hydrogen-bond acceptors (Lipinski definition) is 3. The van der Waals surface area contributed by atoms with E-state index in [9.17, 15) is 5.26 Å². The fourth-order valence-electron chi connectivity index (χ4n) is 2.70. The van der Waals surface area contributed by atoms with Crippen LogP contribution in [0.15, 0.2) is 60.7 Å². The molecule has 0 spiro atoms. The predicted octanol–water partition coefficient (Wildman–Crippen LogP) is 7.30. The first kappa shape index (κ1) is 21.1. The lowest BCUT2D eigenvalue weighted by atomic mass is 10.0. The van der Waals surface area contributed by atoms with Crippen molar-refractivity contribution in [3.8, 4) is 17.6 Å². The molecule has 3 rings (SSSR count). The van der Waals surface area contributed by atoms with Crippen molar-refractivity contribution in [2.75, 3.05) is 7.11 Å². The first-order valence-corrected chi connectivity index (χ1v) is 9.76. The molecule has 0 saturated heterocycles. The van der Waals surface area contributed by atoms with Crippen molar-refractivity contribution in [1.29, 1.82) is 5.26 Å². The van der Waals surface area contributed by atoms with Crippen LogP contribution in [0.1, 0.15) is 16.7 Å². The highest BCUT2D eigenvalue weighted by atomic mass is 35.5. The number of allylic oxidation sites excluding steroid dienone is 1. The van der Waals surface area contributed by atoms with E-state index in [1.54, 1.807) is 48.5 Å². The minimum atomic E-state index is 0.314. The summed E-state index contributed by atoms with van der Waals surface area (Å²) >= 11 is 18.4. The summed E-state index contributed by atoms with van der Waals surface area (Å²) in [5, 5.41) is 11.2. The number of methoxy groups -OCH3 is 1. The van der Waals surface area contributed by atoms with Crippen LogP contribution in [0.4, 0.5) is 0 Å². The molecule has 3 aromatic rings. The number of ether oxygens (including phenoxy) is 2. The maximum atomic E-state index is 9.55. The van der Waals surface area contributed by atoms with Crippen LogP contribution in [0.2, 0.25) is 15.1 Å². The number of benzene rings is 3. The zero-order chi connectivity index (χ0) is 20.8. The maximum absolute atomic E-state index is 9.55. The summed E-state index contributed by atoms with van der Waals surface area (Å²) in [7, 11) is 1.54. The molecule has 0 N–H and O–H groups in total. The minimum Gasteiger partial charge on any atom is -0.493 e. The molecule has 0 unspecified atom stereocenters. The van der Waals surface area contributed by atoms with Crippen LogP contribution in [0.3, 0.4) is 0 Å². The van der Waals surface area contributed by atoms with Gasteiger partial charge in [0.1, 0.15) is 6.61 Å². The van der Waals surface area contributed by atoms with Crippen molar-refractivity contribution < 1.29 is 9.47 Å². The Kier molecular flexibility index (Phi) is 7.06. The molecule has 0 radical (unpaired) electrons. The molecule has 0 aliphatic heterocycles. The van der Waals surface area contributed by atoms with Crippen LogP contribution in [-0.4, -0.2) is 7.11 Å². The van der Waals surface area contributed by atoms with E-state index in [4.69, 9.17) is 44.3 Å². The summed E-state index contributed by atoms with van der Waals surface area (Å²) in [5.41, 5.74) is 2.84. The molecular formula is C23H16Cl3NO2. The van der Waals surface area contributed by atoms with Gasteiger partial charge in [0.05, 0.1) is 23.8 Å². The van der Waals surface area contributed by atoms with Gasteiger partial charge in [-0.05, 0) is 59.2 Å². The summed E-state index contributed by atoms with van der Waals surface area (Å²) in [6.45, 7) is 0.314. The molecule has 6 heteroatoms. The average molecular weight is 445 g/mol. The van der Waals surface area contributed by atoms with Crippen LogP contribution in [0, 0.1) is 11.3 Å². The normalized spacial score (nSPS) is 11.1. The van der Waals surface area contributed by atoms with E-state index in [1.165, 1.54) is 7.11 Å². The van der Waals surface area contributed by atoms with Gasteiger partial charge in [-0.2, -0.15) is 5.26 Å². The van der Waals surface area contributed by atoms with Gasteiger partial charge in [-0.15, -0.1) is 0 Å². The Bertz CT molecular complexity index is 1090. The van der Waals surface area contributed by atoms with Crippen molar-refractivity contribution >= 4 is 46.5 Å². The van der Waals surface area contributed by atoms with Gasteiger partial charge in [0.15, 0.2) is 11.5 Å². The standard InChI is InChI=1S/C23H16Cl3NO2/c1-28-22-11-16(9-18(13-27)17-3-2-4-20(25)12-17)10-21(26)23(22)29-14-15-5-7-19(24)8-6-15/h2-12H,14H2,1H3/b18-9-. The highest BCUT2D eigenvalue weighted by molar-refractivity contribution is 6.32. The first-order chi connectivity index (χ1) is 14.0. The average Bonchev–Trinajstić information content (AvgIpc) is 2.72. The maximum Gasteiger partial charge on any atom is 0.180 e. The molecule has 0 saturated carbocycles. The van der Waals surface area contributed by atoms with E-state index < -0.39 is 0 Å². The third kappa shape index (κ3) is 5.46. The lowest BCUT2D eigenvalue weighted by Crippen LogP contribution is -1.99. The monoisotopic (exact) mass is 443 g/mol. The number of hydrogen-bond donors (Lipinski definition) is 0. The van der Waals surface area contributed by atoms with Gasteiger partial charge in [-0.3, -0.25) is 0 Å². The van der Waals surface area contributed by atoms with E-state index in [0.717, 1.165) is 11.1 Å². The molecule has 0 aromatic heterocycles. The molecule has 3 aromatic carbocycles. The van der Waals surface area contributed by atoms with Crippen LogP contribution in [0.25, 0.3) is 11.6 Å². The highest BCUT2D eigenvalue weighted by Gasteiger charge is 2.13. The predicted molar refractivity (Wildman–Crippen MR) is 119 cm³/mol. The first-order valence-electron chi connectivity index (χ1n) is 8.62. The summed E-state index contributed by atoms with van der Waals surface area (Å²) in [4.78, 5) is 0. The van der Waals surface area contributed by atoms with E-state index in [-0.39, 0.29) is 0 Å². The van der Waals surface area contributed by atoms with Gasteiger partial charge in [0, 0.05) is 10.0 Å². The molecule has 0 atom stereocenters. The minimum absolute atomic E-state index is 0.314. The number of nitrogens with zero attached hydrogens (tertiary/aromatic N) is 1. The molecule has 0 bridgehead atoms. The summed E-state index contributed by atoms with van der Waals surface area (Å²) in [6, 6.07) is 20.2. The van der Waals surface area contributed by atoms with Crippen LogP contribution >= 0.6 is 34.8 Å². The van der Waals surface area contributed by atoms with E-state index in [0.29, 0.717) is 44.3 Å². The molecule has 0 amide bonds. The van der Waals surface area contributed by atoms with Crippen LogP contribution in [0.5, 0.6) is 11.5 Å². The van der Waals surface area contributed by atoms with E-state index in [1.807, 2.05) is 18.2 Å². The second-order valence-electron chi connectivity index (χ2n) is 6.13. The SMILES string of the molecule is COc1cc(/C=C(/C#N)c2cccc(Cl)c2)cc(Cl)c1OCc1ccc(Cl)cc1. The van der Waals surface area contributed by atoms with Crippen molar-refractivity contribution in [1.82, 2.24) is 0 Å². The summed E-state index contributed by atoms with van der Waals surface area (Å²) in [6.07, 6.45) is 1.73. The van der Waals surface area contributed by atoms with Crippen LogP contribution in [-0.2, 0) is 6.61 Å². The third-order valence-electron chi connectivity index (χ3n) is 4.12. The highest BCUT2D eigenvalue weighted by Crippen LogP contribution is 2.38. The molecule has 0 heterocycles. The Balaban J connectivity index is 1.89. The van der Waals surface area contributed by atoms with Gasteiger partial charge in [-0.1, -0.05) is 59.1 Å². The Morgan fingerprint density at radius 1 is 1.00 bits per heavy atom. The molecule has 0 aliphatic rings. The second kappa shape index (κ2) is 9.71. The third-order valence-corrected chi connectivity index (χ3v) is 4.88. The Morgan fingerprint density at radius 3 is 2.41 bits per heavy atom. The number of nitriles is 1. The quantitative estimate of drug-likeness (QED) is 0.296. The van der Waals surface area contributed by atoms with Crippen molar-refractivity contribution in [3.63, 3.8) is 0 Å². The van der Waals surface area contributed by atoms with E-state index >= 15 is 0 Å². The zero-order valence-corrected chi connectivity index (χ0v) is 17.7. The molecule has 29 heavy (non-hydrogen) atoms. The van der Waals surface area contributed by atoms with Gasteiger partial charge in [-0.25, -0.2) is 0 Å². The molecule has 0 aliphatic carbocycles. The largest absolute Gasteiger partial charge is 0.493 e.